The third kappa shape index (κ3) is 13.4. The minimum Gasteiger partial charge on any atom is -0.393 e. The maximum absolute atomic E-state index is 11.4. The highest BCUT2D eigenvalue weighted by molar-refractivity contribution is 5.85. The van der Waals surface area contributed by atoms with Crippen LogP contribution in [0.2, 0.25) is 0 Å². The number of rotatable bonds is 12. The second-order valence-electron chi connectivity index (χ2n) is 5.17. The molecule has 0 amide bonds. The molecule has 0 aliphatic rings. The zero-order chi connectivity index (χ0) is 14.3. The van der Waals surface area contributed by atoms with E-state index in [-0.39, 0.29) is 11.9 Å². The first-order chi connectivity index (χ1) is 9.20. The van der Waals surface area contributed by atoms with E-state index in [1.807, 2.05) is 0 Å². The van der Waals surface area contributed by atoms with Crippen molar-refractivity contribution in [3.63, 3.8) is 0 Å². The van der Waals surface area contributed by atoms with Gasteiger partial charge < -0.3 is 4.74 Å². The Morgan fingerprint density at radius 1 is 0.632 bits per heavy atom. The molecule has 0 unspecified atom stereocenters. The fraction of sp³-hybridized carbons (Fsp3) is 0.875. The summed E-state index contributed by atoms with van der Waals surface area (Å²) in [5.74, 6) is -0.704. The Labute approximate surface area is 118 Å². The van der Waals surface area contributed by atoms with Gasteiger partial charge in [0.1, 0.15) is 0 Å². The number of ether oxygens (including phenoxy) is 1. The monoisotopic (exact) mass is 270 g/mol. The van der Waals surface area contributed by atoms with Crippen molar-refractivity contribution >= 4 is 11.9 Å². The SMILES string of the molecule is CCCCCCCC(=O)OC(=O)CCCCCCC. The Bertz CT molecular complexity index is 212. The molecule has 0 spiro atoms. The van der Waals surface area contributed by atoms with E-state index in [4.69, 9.17) is 4.74 Å². The molecular weight excluding hydrogens is 240 g/mol. The van der Waals surface area contributed by atoms with Gasteiger partial charge in [0.15, 0.2) is 0 Å². The number of carbonyl (C=O) groups is 2. The van der Waals surface area contributed by atoms with Crippen molar-refractivity contribution in [2.45, 2.75) is 90.9 Å². The Morgan fingerprint density at radius 2 is 1.00 bits per heavy atom. The van der Waals surface area contributed by atoms with Crippen LogP contribution in [0.1, 0.15) is 90.9 Å². The lowest BCUT2D eigenvalue weighted by atomic mass is 10.1. The van der Waals surface area contributed by atoms with Crippen molar-refractivity contribution in [2.24, 2.45) is 0 Å². The largest absolute Gasteiger partial charge is 0.393 e. The van der Waals surface area contributed by atoms with Crippen LogP contribution in [0.15, 0.2) is 0 Å². The van der Waals surface area contributed by atoms with Crippen molar-refractivity contribution < 1.29 is 14.3 Å². The van der Waals surface area contributed by atoms with Gasteiger partial charge in [-0.15, -0.1) is 0 Å². The summed E-state index contributed by atoms with van der Waals surface area (Å²) in [5, 5.41) is 0. The summed E-state index contributed by atoms with van der Waals surface area (Å²) in [6.07, 6.45) is 11.7. The van der Waals surface area contributed by atoms with Crippen molar-refractivity contribution in [1.82, 2.24) is 0 Å². The summed E-state index contributed by atoms with van der Waals surface area (Å²) in [6, 6.07) is 0. The van der Waals surface area contributed by atoms with E-state index in [0.29, 0.717) is 12.8 Å². The van der Waals surface area contributed by atoms with E-state index in [0.717, 1.165) is 38.5 Å². The fourth-order valence-electron chi connectivity index (χ4n) is 1.97. The van der Waals surface area contributed by atoms with Crippen molar-refractivity contribution in [3.05, 3.63) is 0 Å². The van der Waals surface area contributed by atoms with E-state index in [1.54, 1.807) is 0 Å². The van der Waals surface area contributed by atoms with Crippen LogP contribution in [0.25, 0.3) is 0 Å². The molecule has 3 nitrogen and oxygen atoms in total. The Hall–Kier alpha value is -0.860. The van der Waals surface area contributed by atoms with Crippen LogP contribution >= 0.6 is 0 Å². The van der Waals surface area contributed by atoms with Crippen LogP contribution in [0.3, 0.4) is 0 Å². The average Bonchev–Trinajstić information content (AvgIpc) is 2.38. The van der Waals surface area contributed by atoms with E-state index < -0.39 is 0 Å². The van der Waals surface area contributed by atoms with Gasteiger partial charge in [-0.25, -0.2) is 0 Å². The highest BCUT2D eigenvalue weighted by Crippen LogP contribution is 2.08. The molecule has 0 saturated heterocycles. The summed E-state index contributed by atoms with van der Waals surface area (Å²) in [4.78, 5) is 22.8. The van der Waals surface area contributed by atoms with Crippen molar-refractivity contribution in [3.8, 4) is 0 Å². The molecule has 0 aromatic heterocycles. The quantitative estimate of drug-likeness (QED) is 0.291. The second kappa shape index (κ2) is 13.6. The first kappa shape index (κ1) is 18.1. The Balaban J connectivity index is 3.40. The standard InChI is InChI=1S/C16H30O3/c1-3-5-7-9-11-13-15(17)19-16(18)14-12-10-8-6-4-2/h3-14H2,1-2H3. The van der Waals surface area contributed by atoms with Gasteiger partial charge in [0.2, 0.25) is 0 Å². The van der Waals surface area contributed by atoms with Gasteiger partial charge in [-0.1, -0.05) is 65.2 Å². The first-order valence-electron chi connectivity index (χ1n) is 7.94. The van der Waals surface area contributed by atoms with E-state index >= 15 is 0 Å². The van der Waals surface area contributed by atoms with Gasteiger partial charge in [-0.05, 0) is 12.8 Å². The maximum Gasteiger partial charge on any atom is 0.313 e. The molecule has 0 aliphatic carbocycles. The molecule has 0 rings (SSSR count). The molecule has 0 N–H and O–H groups in total. The lowest BCUT2D eigenvalue weighted by Crippen LogP contribution is -2.11. The number of esters is 2. The molecule has 3 heteroatoms. The molecule has 0 saturated carbocycles. The van der Waals surface area contributed by atoms with Gasteiger partial charge >= 0.3 is 11.9 Å². The van der Waals surface area contributed by atoms with Crippen LogP contribution < -0.4 is 0 Å². The third-order valence-electron chi connectivity index (χ3n) is 3.20. The normalized spacial score (nSPS) is 10.4. The van der Waals surface area contributed by atoms with E-state index in [1.165, 1.54) is 25.7 Å². The van der Waals surface area contributed by atoms with Crippen LogP contribution in [0.4, 0.5) is 0 Å². The topological polar surface area (TPSA) is 43.4 Å². The maximum atomic E-state index is 11.4. The molecule has 112 valence electrons. The van der Waals surface area contributed by atoms with Gasteiger partial charge in [-0.2, -0.15) is 0 Å². The van der Waals surface area contributed by atoms with Crippen LogP contribution in [-0.4, -0.2) is 11.9 Å². The van der Waals surface area contributed by atoms with Crippen LogP contribution in [0, 0.1) is 0 Å². The Kier molecular flexibility index (Phi) is 13.0. The highest BCUT2D eigenvalue weighted by atomic mass is 16.6. The summed E-state index contributed by atoms with van der Waals surface area (Å²) in [6.45, 7) is 4.32. The third-order valence-corrected chi connectivity index (χ3v) is 3.20. The zero-order valence-electron chi connectivity index (χ0n) is 12.7. The van der Waals surface area contributed by atoms with Crippen LogP contribution in [0.5, 0.6) is 0 Å². The summed E-state index contributed by atoms with van der Waals surface area (Å²) < 4.78 is 4.79. The predicted molar refractivity (Wildman–Crippen MR) is 77.9 cm³/mol. The summed E-state index contributed by atoms with van der Waals surface area (Å²) in [5.41, 5.74) is 0. The highest BCUT2D eigenvalue weighted by Gasteiger charge is 2.09. The summed E-state index contributed by atoms with van der Waals surface area (Å²) in [7, 11) is 0. The van der Waals surface area contributed by atoms with Crippen LogP contribution in [-0.2, 0) is 14.3 Å². The van der Waals surface area contributed by atoms with Crippen molar-refractivity contribution in [2.75, 3.05) is 0 Å². The van der Waals surface area contributed by atoms with Gasteiger partial charge in [-0.3, -0.25) is 9.59 Å². The number of hydrogen-bond acceptors (Lipinski definition) is 3. The Morgan fingerprint density at radius 3 is 1.37 bits per heavy atom. The van der Waals surface area contributed by atoms with Crippen molar-refractivity contribution in [1.29, 1.82) is 0 Å². The number of carbonyl (C=O) groups excluding carboxylic acids is 2. The van der Waals surface area contributed by atoms with E-state index in [9.17, 15) is 9.59 Å². The summed E-state index contributed by atoms with van der Waals surface area (Å²) >= 11 is 0. The molecule has 0 bridgehead atoms. The van der Waals surface area contributed by atoms with Gasteiger partial charge in [0.25, 0.3) is 0 Å². The molecule has 19 heavy (non-hydrogen) atoms. The molecule has 0 heterocycles. The first-order valence-corrected chi connectivity index (χ1v) is 7.94. The smallest absolute Gasteiger partial charge is 0.313 e. The molecule has 0 aromatic carbocycles. The minimum absolute atomic E-state index is 0.352. The average molecular weight is 270 g/mol. The molecular formula is C16H30O3. The molecule has 0 aliphatic heterocycles. The van der Waals surface area contributed by atoms with Gasteiger partial charge in [0, 0.05) is 12.8 Å². The van der Waals surface area contributed by atoms with E-state index in [2.05, 4.69) is 13.8 Å². The number of unbranched alkanes of at least 4 members (excludes halogenated alkanes) is 8. The molecule has 0 atom stereocenters. The zero-order valence-corrected chi connectivity index (χ0v) is 12.7. The second-order valence-corrected chi connectivity index (χ2v) is 5.17. The molecule has 0 fully saturated rings. The number of hydrogen-bond donors (Lipinski definition) is 0. The minimum atomic E-state index is -0.352. The predicted octanol–water partition coefficient (Wildman–Crippen LogP) is 4.78. The molecule has 0 aromatic rings. The molecule has 0 radical (unpaired) electrons. The lowest BCUT2D eigenvalue weighted by molar-refractivity contribution is -0.159. The lowest BCUT2D eigenvalue weighted by Gasteiger charge is -2.03. The van der Waals surface area contributed by atoms with Gasteiger partial charge in [0.05, 0.1) is 0 Å². The fourth-order valence-corrected chi connectivity index (χ4v) is 1.97.